The predicted molar refractivity (Wildman–Crippen MR) is 74.5 cm³/mol. The molecule has 0 unspecified atom stereocenters. The maximum absolute atomic E-state index is 13.9. The molecule has 0 saturated carbocycles. The molecule has 1 N–H and O–H groups in total. The molecule has 19 heavy (non-hydrogen) atoms. The molecule has 1 atom stereocenters. The topological polar surface area (TPSA) is 38.3 Å². The van der Waals surface area contributed by atoms with E-state index in [4.69, 9.17) is 4.74 Å². The Hall–Kier alpha value is -1.10. The van der Waals surface area contributed by atoms with Gasteiger partial charge in [-0.1, -0.05) is 15.9 Å². The van der Waals surface area contributed by atoms with Crippen molar-refractivity contribution < 1.29 is 13.9 Å². The smallest absolute Gasteiger partial charge is 0.408 e. The summed E-state index contributed by atoms with van der Waals surface area (Å²) in [6, 6.07) is 2.80. The zero-order valence-corrected chi connectivity index (χ0v) is 12.8. The molecular formula is C14H17BrFNO2. The Morgan fingerprint density at radius 1 is 1.47 bits per heavy atom. The van der Waals surface area contributed by atoms with Crippen molar-refractivity contribution in [3.63, 3.8) is 0 Å². The van der Waals surface area contributed by atoms with Crippen molar-refractivity contribution in [3.05, 3.63) is 33.5 Å². The molecule has 0 spiro atoms. The van der Waals surface area contributed by atoms with E-state index in [2.05, 4.69) is 21.2 Å². The van der Waals surface area contributed by atoms with Gasteiger partial charge in [0.15, 0.2) is 0 Å². The van der Waals surface area contributed by atoms with E-state index in [1.807, 2.05) is 0 Å². The molecule has 3 nitrogen and oxygen atoms in total. The highest BCUT2D eigenvalue weighted by Gasteiger charge is 2.30. The maximum Gasteiger partial charge on any atom is 0.408 e. The molecular weight excluding hydrogens is 313 g/mol. The number of rotatable bonds is 1. The van der Waals surface area contributed by atoms with Crippen LogP contribution in [0.4, 0.5) is 9.18 Å². The molecule has 0 radical (unpaired) electrons. The van der Waals surface area contributed by atoms with Crippen LogP contribution < -0.4 is 5.32 Å². The number of ether oxygens (including phenoxy) is 1. The zero-order valence-electron chi connectivity index (χ0n) is 11.2. The van der Waals surface area contributed by atoms with Gasteiger partial charge < -0.3 is 10.1 Å². The number of hydrogen-bond donors (Lipinski definition) is 1. The summed E-state index contributed by atoms with van der Waals surface area (Å²) in [5.41, 5.74) is 0.947. The summed E-state index contributed by atoms with van der Waals surface area (Å²) in [6.07, 6.45) is 0.923. The SMILES string of the molecule is CC(C)(C)OC(=O)N[C@@H]1CCc2c(Br)ccc(F)c21. The third kappa shape index (κ3) is 3.26. The van der Waals surface area contributed by atoms with Crippen LogP contribution >= 0.6 is 15.9 Å². The zero-order chi connectivity index (χ0) is 14.2. The van der Waals surface area contributed by atoms with E-state index in [0.29, 0.717) is 12.0 Å². The number of carbonyl (C=O) groups excluding carboxylic acids is 1. The fourth-order valence-electron chi connectivity index (χ4n) is 2.27. The second kappa shape index (κ2) is 5.12. The summed E-state index contributed by atoms with van der Waals surface area (Å²) in [5, 5.41) is 2.74. The third-order valence-corrected chi connectivity index (χ3v) is 3.71. The van der Waals surface area contributed by atoms with Crippen LogP contribution in [0.1, 0.15) is 44.4 Å². The number of nitrogens with one attached hydrogen (secondary N) is 1. The molecule has 2 rings (SSSR count). The van der Waals surface area contributed by atoms with Crippen LogP contribution in [0.5, 0.6) is 0 Å². The Bertz CT molecular complexity index is 511. The number of fused-ring (bicyclic) bond motifs is 1. The number of alkyl carbamates (subject to hydrolysis) is 1. The molecule has 0 aromatic heterocycles. The number of carbonyl (C=O) groups is 1. The monoisotopic (exact) mass is 329 g/mol. The third-order valence-electron chi connectivity index (χ3n) is 2.97. The quantitative estimate of drug-likeness (QED) is 0.842. The van der Waals surface area contributed by atoms with Gasteiger partial charge in [0.1, 0.15) is 11.4 Å². The number of hydrogen-bond acceptors (Lipinski definition) is 2. The van der Waals surface area contributed by atoms with Crippen molar-refractivity contribution in [3.8, 4) is 0 Å². The molecule has 0 saturated heterocycles. The standard InChI is InChI=1S/C14H17BrFNO2/c1-14(2,3)19-13(18)17-11-7-4-8-9(15)5-6-10(16)12(8)11/h5-6,11H,4,7H2,1-3H3,(H,17,18)/t11-/m1/s1. The van der Waals surface area contributed by atoms with E-state index >= 15 is 0 Å². The van der Waals surface area contributed by atoms with Crippen molar-refractivity contribution in [2.75, 3.05) is 0 Å². The lowest BCUT2D eigenvalue weighted by atomic mass is 10.1. The highest BCUT2D eigenvalue weighted by molar-refractivity contribution is 9.10. The lowest BCUT2D eigenvalue weighted by Gasteiger charge is -2.22. The largest absolute Gasteiger partial charge is 0.444 e. The molecule has 1 aromatic rings. The first-order valence-corrected chi connectivity index (χ1v) is 7.03. The molecule has 1 aliphatic carbocycles. The van der Waals surface area contributed by atoms with Crippen LogP contribution in [-0.2, 0) is 11.2 Å². The van der Waals surface area contributed by atoms with Gasteiger partial charge >= 0.3 is 6.09 Å². The number of benzene rings is 1. The van der Waals surface area contributed by atoms with Gasteiger partial charge in [-0.15, -0.1) is 0 Å². The number of amides is 1. The molecule has 0 fully saturated rings. The van der Waals surface area contributed by atoms with Crippen molar-refractivity contribution in [2.45, 2.75) is 45.3 Å². The second-order valence-corrected chi connectivity index (χ2v) is 6.51. The summed E-state index contributed by atoms with van der Waals surface area (Å²) in [5.74, 6) is -0.281. The molecule has 1 aliphatic rings. The molecule has 104 valence electrons. The Labute approximate surface area is 120 Å². The lowest BCUT2D eigenvalue weighted by Crippen LogP contribution is -2.34. The normalized spacial score (nSPS) is 18.1. The van der Waals surface area contributed by atoms with E-state index < -0.39 is 11.7 Å². The Kier molecular flexibility index (Phi) is 3.85. The minimum absolute atomic E-state index is 0.281. The van der Waals surface area contributed by atoms with E-state index in [1.165, 1.54) is 6.07 Å². The Balaban J connectivity index is 2.15. The van der Waals surface area contributed by atoms with Crippen molar-refractivity contribution >= 4 is 22.0 Å². The molecule has 0 heterocycles. The van der Waals surface area contributed by atoms with Crippen molar-refractivity contribution in [1.29, 1.82) is 0 Å². The van der Waals surface area contributed by atoms with Crippen LogP contribution in [0.15, 0.2) is 16.6 Å². The van der Waals surface area contributed by atoms with E-state index in [-0.39, 0.29) is 11.9 Å². The highest BCUT2D eigenvalue weighted by atomic mass is 79.9. The summed E-state index contributed by atoms with van der Waals surface area (Å²) in [6.45, 7) is 5.39. The molecule has 1 amide bonds. The van der Waals surface area contributed by atoms with Gasteiger partial charge in [-0.2, -0.15) is 0 Å². The first-order chi connectivity index (χ1) is 8.78. The first-order valence-electron chi connectivity index (χ1n) is 6.24. The van der Waals surface area contributed by atoms with Gasteiger partial charge in [0, 0.05) is 10.0 Å². The van der Waals surface area contributed by atoms with Crippen LogP contribution in [0.3, 0.4) is 0 Å². The van der Waals surface area contributed by atoms with Gasteiger partial charge in [-0.25, -0.2) is 9.18 Å². The van der Waals surface area contributed by atoms with Gasteiger partial charge in [-0.3, -0.25) is 0 Å². The van der Waals surface area contributed by atoms with E-state index in [9.17, 15) is 9.18 Å². The minimum atomic E-state index is -0.554. The van der Waals surface area contributed by atoms with Crippen LogP contribution in [0.25, 0.3) is 0 Å². The fourth-order valence-corrected chi connectivity index (χ4v) is 2.81. The minimum Gasteiger partial charge on any atom is -0.444 e. The molecule has 1 aromatic carbocycles. The second-order valence-electron chi connectivity index (χ2n) is 5.66. The fraction of sp³-hybridized carbons (Fsp3) is 0.500. The highest BCUT2D eigenvalue weighted by Crippen LogP contribution is 2.37. The average molecular weight is 330 g/mol. The summed E-state index contributed by atoms with van der Waals surface area (Å²) in [7, 11) is 0. The molecule has 0 bridgehead atoms. The van der Waals surface area contributed by atoms with E-state index in [0.717, 1.165) is 16.5 Å². The Morgan fingerprint density at radius 2 is 2.16 bits per heavy atom. The van der Waals surface area contributed by atoms with Crippen LogP contribution in [-0.4, -0.2) is 11.7 Å². The van der Waals surface area contributed by atoms with Gasteiger partial charge in [0.2, 0.25) is 0 Å². The van der Waals surface area contributed by atoms with Crippen LogP contribution in [0, 0.1) is 5.82 Å². The summed E-state index contributed by atoms with van der Waals surface area (Å²) in [4.78, 5) is 11.8. The average Bonchev–Trinajstić information content (AvgIpc) is 2.66. The molecule has 5 heteroatoms. The van der Waals surface area contributed by atoms with E-state index in [1.54, 1.807) is 26.8 Å². The van der Waals surface area contributed by atoms with Gasteiger partial charge in [-0.05, 0) is 51.3 Å². The summed E-state index contributed by atoms with van der Waals surface area (Å²) >= 11 is 3.41. The van der Waals surface area contributed by atoms with Crippen molar-refractivity contribution in [2.24, 2.45) is 0 Å². The summed E-state index contributed by atoms with van der Waals surface area (Å²) < 4.78 is 20.0. The maximum atomic E-state index is 13.9. The molecule has 0 aliphatic heterocycles. The Morgan fingerprint density at radius 3 is 2.79 bits per heavy atom. The first kappa shape index (κ1) is 14.3. The lowest BCUT2D eigenvalue weighted by molar-refractivity contribution is 0.0503. The van der Waals surface area contributed by atoms with Gasteiger partial charge in [0.25, 0.3) is 0 Å². The van der Waals surface area contributed by atoms with Crippen molar-refractivity contribution in [1.82, 2.24) is 5.32 Å². The predicted octanol–water partition coefficient (Wildman–Crippen LogP) is 4.10. The number of halogens is 2. The van der Waals surface area contributed by atoms with Crippen LogP contribution in [0.2, 0.25) is 0 Å². The van der Waals surface area contributed by atoms with Gasteiger partial charge in [0.05, 0.1) is 6.04 Å².